The van der Waals surface area contributed by atoms with E-state index >= 15 is 0 Å². The summed E-state index contributed by atoms with van der Waals surface area (Å²) >= 11 is 0. The Morgan fingerprint density at radius 1 is 1.42 bits per heavy atom. The van der Waals surface area contributed by atoms with Crippen molar-refractivity contribution in [3.05, 3.63) is 18.2 Å². The van der Waals surface area contributed by atoms with Crippen LogP contribution in [-0.4, -0.2) is 40.5 Å². The lowest BCUT2D eigenvalue weighted by molar-refractivity contribution is 0.327. The van der Waals surface area contributed by atoms with Crippen LogP contribution in [0.15, 0.2) is 18.2 Å². The second-order valence-corrected chi connectivity index (χ2v) is 5.42. The molecule has 0 radical (unpaired) electrons. The number of nitrogens with one attached hydrogen (secondary N) is 2. The Balaban J connectivity index is 1.66. The molecule has 3 rings (SSSR count). The number of benzene rings is 1. The number of H-pyrrole nitrogens is 1. The molecule has 0 aliphatic carbocycles. The number of hydrogen-bond acceptors (Lipinski definition) is 4. The summed E-state index contributed by atoms with van der Waals surface area (Å²) in [5.74, 6) is 0.826. The summed E-state index contributed by atoms with van der Waals surface area (Å²) in [4.78, 5) is 10.3. The highest BCUT2D eigenvalue weighted by molar-refractivity contribution is 5.80. The lowest BCUT2D eigenvalue weighted by Gasteiger charge is -2.20. The zero-order chi connectivity index (χ0) is 13.2. The lowest BCUT2D eigenvalue weighted by Crippen LogP contribution is -2.33. The van der Waals surface area contributed by atoms with E-state index < -0.39 is 0 Å². The molecule has 2 heterocycles. The van der Waals surface area contributed by atoms with Crippen molar-refractivity contribution in [2.24, 2.45) is 0 Å². The normalized spacial score (nSPS) is 17.9. The standard InChI is InChI=1S/C14H21N5/c1-10(9-19-6-2-3-7-19)16-14-17-12-5-4-11(15)8-13(12)18-14/h4-5,8,10H,2-3,6-7,9,15H2,1H3,(H2,16,17,18). The molecule has 1 saturated heterocycles. The molecule has 1 aliphatic rings. The van der Waals surface area contributed by atoms with E-state index in [0.717, 1.165) is 29.2 Å². The third-order valence-electron chi connectivity index (χ3n) is 3.62. The van der Waals surface area contributed by atoms with Crippen molar-refractivity contribution in [1.29, 1.82) is 0 Å². The van der Waals surface area contributed by atoms with Crippen LogP contribution in [0.3, 0.4) is 0 Å². The third kappa shape index (κ3) is 2.81. The quantitative estimate of drug-likeness (QED) is 0.735. The van der Waals surface area contributed by atoms with Crippen LogP contribution in [-0.2, 0) is 0 Å². The highest BCUT2D eigenvalue weighted by atomic mass is 15.2. The zero-order valence-corrected chi connectivity index (χ0v) is 11.3. The van der Waals surface area contributed by atoms with Crippen LogP contribution in [0.1, 0.15) is 19.8 Å². The molecular weight excluding hydrogens is 238 g/mol. The largest absolute Gasteiger partial charge is 0.399 e. The highest BCUT2D eigenvalue weighted by Gasteiger charge is 2.15. The summed E-state index contributed by atoms with van der Waals surface area (Å²) in [6.07, 6.45) is 2.66. The monoisotopic (exact) mass is 259 g/mol. The van der Waals surface area contributed by atoms with E-state index in [2.05, 4.69) is 27.1 Å². The predicted octanol–water partition coefficient (Wildman–Crippen LogP) is 2.04. The number of nitrogens with two attached hydrogens (primary N) is 1. The van der Waals surface area contributed by atoms with Gasteiger partial charge >= 0.3 is 0 Å². The molecule has 2 aromatic rings. The molecule has 102 valence electrons. The van der Waals surface area contributed by atoms with E-state index in [1.807, 2.05) is 18.2 Å². The summed E-state index contributed by atoms with van der Waals surface area (Å²) < 4.78 is 0. The average molecular weight is 259 g/mol. The minimum atomic E-state index is 0.385. The first-order chi connectivity index (χ1) is 9.20. The fraction of sp³-hybridized carbons (Fsp3) is 0.500. The summed E-state index contributed by atoms with van der Waals surface area (Å²) in [5.41, 5.74) is 8.46. The molecule has 0 saturated carbocycles. The van der Waals surface area contributed by atoms with Crippen LogP contribution in [0, 0.1) is 0 Å². The molecule has 1 aromatic heterocycles. The molecule has 0 amide bonds. The SMILES string of the molecule is CC(CN1CCCC1)Nc1nc2ccc(N)cc2[nH]1. The average Bonchev–Trinajstić information content (AvgIpc) is 2.97. The molecular formula is C14H21N5. The first kappa shape index (κ1) is 12.3. The Hall–Kier alpha value is -1.75. The van der Waals surface area contributed by atoms with Gasteiger partial charge in [0, 0.05) is 18.3 Å². The first-order valence-electron chi connectivity index (χ1n) is 6.95. The van der Waals surface area contributed by atoms with E-state index in [1.54, 1.807) is 0 Å². The van der Waals surface area contributed by atoms with E-state index in [4.69, 9.17) is 5.73 Å². The lowest BCUT2D eigenvalue weighted by atomic mass is 10.3. The number of imidazole rings is 1. The predicted molar refractivity (Wildman–Crippen MR) is 79.3 cm³/mol. The number of nitrogens with zero attached hydrogens (tertiary/aromatic N) is 2. The minimum absolute atomic E-state index is 0.385. The van der Waals surface area contributed by atoms with Crippen LogP contribution in [0.5, 0.6) is 0 Å². The zero-order valence-electron chi connectivity index (χ0n) is 11.3. The molecule has 1 aromatic carbocycles. The number of aromatic nitrogens is 2. The van der Waals surface area contributed by atoms with Gasteiger partial charge in [0.15, 0.2) is 0 Å². The van der Waals surface area contributed by atoms with Gasteiger partial charge in [-0.2, -0.15) is 0 Å². The van der Waals surface area contributed by atoms with Crippen molar-refractivity contribution >= 4 is 22.7 Å². The number of likely N-dealkylation sites (tertiary alicyclic amines) is 1. The van der Waals surface area contributed by atoms with Gasteiger partial charge in [-0.25, -0.2) is 4.98 Å². The molecule has 1 atom stereocenters. The Morgan fingerprint density at radius 2 is 2.21 bits per heavy atom. The number of rotatable bonds is 4. The maximum absolute atomic E-state index is 5.77. The Labute approximate surface area is 113 Å². The topological polar surface area (TPSA) is 70.0 Å². The van der Waals surface area contributed by atoms with Crippen molar-refractivity contribution in [3.63, 3.8) is 0 Å². The second kappa shape index (κ2) is 5.09. The molecule has 0 spiro atoms. The van der Waals surface area contributed by atoms with Crippen molar-refractivity contribution in [1.82, 2.24) is 14.9 Å². The summed E-state index contributed by atoms with van der Waals surface area (Å²) in [7, 11) is 0. The number of fused-ring (bicyclic) bond motifs is 1. The van der Waals surface area contributed by atoms with Crippen molar-refractivity contribution < 1.29 is 0 Å². The van der Waals surface area contributed by atoms with E-state index in [9.17, 15) is 0 Å². The smallest absolute Gasteiger partial charge is 0.201 e. The molecule has 1 unspecified atom stereocenters. The van der Waals surface area contributed by atoms with Gasteiger partial charge in [-0.05, 0) is 51.1 Å². The van der Waals surface area contributed by atoms with E-state index in [-0.39, 0.29) is 0 Å². The number of aromatic amines is 1. The number of anilines is 2. The van der Waals surface area contributed by atoms with Crippen LogP contribution in [0.4, 0.5) is 11.6 Å². The Morgan fingerprint density at radius 3 is 3.00 bits per heavy atom. The molecule has 4 N–H and O–H groups in total. The number of nitrogen functional groups attached to an aromatic ring is 1. The molecule has 1 fully saturated rings. The summed E-state index contributed by atoms with van der Waals surface area (Å²) in [5, 5.41) is 3.43. The second-order valence-electron chi connectivity index (χ2n) is 5.42. The molecule has 0 bridgehead atoms. The number of hydrogen-bond donors (Lipinski definition) is 3. The Kier molecular flexibility index (Phi) is 3.29. The van der Waals surface area contributed by atoms with E-state index in [0.29, 0.717) is 6.04 Å². The molecule has 1 aliphatic heterocycles. The van der Waals surface area contributed by atoms with Crippen LogP contribution in [0.25, 0.3) is 11.0 Å². The Bertz CT molecular complexity index is 556. The van der Waals surface area contributed by atoms with Gasteiger partial charge in [0.25, 0.3) is 0 Å². The summed E-state index contributed by atoms with van der Waals surface area (Å²) in [6, 6.07) is 6.12. The maximum atomic E-state index is 5.77. The third-order valence-corrected chi connectivity index (χ3v) is 3.62. The molecule has 5 nitrogen and oxygen atoms in total. The van der Waals surface area contributed by atoms with Crippen molar-refractivity contribution in [2.75, 3.05) is 30.7 Å². The van der Waals surface area contributed by atoms with Gasteiger partial charge in [0.2, 0.25) is 5.95 Å². The van der Waals surface area contributed by atoms with Crippen LogP contribution in [0.2, 0.25) is 0 Å². The van der Waals surface area contributed by atoms with Gasteiger partial charge < -0.3 is 20.9 Å². The van der Waals surface area contributed by atoms with Gasteiger partial charge in [-0.1, -0.05) is 0 Å². The van der Waals surface area contributed by atoms with Crippen molar-refractivity contribution in [2.45, 2.75) is 25.8 Å². The highest BCUT2D eigenvalue weighted by Crippen LogP contribution is 2.18. The fourth-order valence-corrected chi connectivity index (χ4v) is 2.73. The van der Waals surface area contributed by atoms with Crippen LogP contribution >= 0.6 is 0 Å². The summed E-state index contributed by atoms with van der Waals surface area (Å²) in [6.45, 7) is 5.71. The van der Waals surface area contributed by atoms with E-state index in [1.165, 1.54) is 25.9 Å². The molecule has 5 heteroatoms. The van der Waals surface area contributed by atoms with Crippen LogP contribution < -0.4 is 11.1 Å². The molecule has 19 heavy (non-hydrogen) atoms. The van der Waals surface area contributed by atoms with Gasteiger partial charge in [0.05, 0.1) is 11.0 Å². The van der Waals surface area contributed by atoms with Gasteiger partial charge in [0.1, 0.15) is 0 Å². The first-order valence-corrected chi connectivity index (χ1v) is 6.95. The van der Waals surface area contributed by atoms with Crippen molar-refractivity contribution in [3.8, 4) is 0 Å². The minimum Gasteiger partial charge on any atom is -0.399 e. The van der Waals surface area contributed by atoms with Gasteiger partial charge in [-0.15, -0.1) is 0 Å². The fourth-order valence-electron chi connectivity index (χ4n) is 2.73. The maximum Gasteiger partial charge on any atom is 0.201 e. The van der Waals surface area contributed by atoms with Gasteiger partial charge in [-0.3, -0.25) is 0 Å².